The van der Waals surface area contributed by atoms with Crippen molar-refractivity contribution in [2.24, 2.45) is 11.3 Å². The number of aromatic nitrogens is 2. The van der Waals surface area contributed by atoms with E-state index in [-0.39, 0.29) is 17.5 Å². The van der Waals surface area contributed by atoms with Gasteiger partial charge in [0.05, 0.1) is 16.6 Å². The predicted molar refractivity (Wildman–Crippen MR) is 134 cm³/mol. The summed E-state index contributed by atoms with van der Waals surface area (Å²) < 4.78 is 2.20. The van der Waals surface area contributed by atoms with Crippen molar-refractivity contribution in [3.63, 3.8) is 0 Å². The van der Waals surface area contributed by atoms with Crippen LogP contribution in [0.3, 0.4) is 0 Å². The molecule has 0 spiro atoms. The van der Waals surface area contributed by atoms with Gasteiger partial charge < -0.3 is 4.57 Å². The highest BCUT2D eigenvalue weighted by Crippen LogP contribution is 2.36. The van der Waals surface area contributed by atoms with Crippen LogP contribution in [-0.4, -0.2) is 21.1 Å². The Labute approximate surface area is 201 Å². The lowest BCUT2D eigenvalue weighted by Gasteiger charge is -2.25. The first-order valence-corrected chi connectivity index (χ1v) is 12.3. The Hall–Kier alpha value is -2.46. The normalized spacial score (nSPS) is 15.2. The Balaban J connectivity index is 1.93. The summed E-state index contributed by atoms with van der Waals surface area (Å²) in [6.07, 6.45) is 5.76. The summed E-state index contributed by atoms with van der Waals surface area (Å²) in [5.74, 6) is 0.350. The highest BCUT2D eigenvalue weighted by atomic mass is 35.5. The van der Waals surface area contributed by atoms with Crippen LogP contribution in [0.25, 0.3) is 11.0 Å². The lowest BCUT2D eigenvalue weighted by atomic mass is 9.80. The topological polar surface area (TPSA) is 52.0 Å². The third-order valence-corrected chi connectivity index (χ3v) is 7.45. The van der Waals surface area contributed by atoms with Crippen molar-refractivity contribution in [1.82, 2.24) is 9.55 Å². The fraction of sp³-hybridized carbons (Fsp3) is 0.464. The van der Waals surface area contributed by atoms with E-state index in [1.165, 1.54) is 6.42 Å². The Morgan fingerprint density at radius 1 is 1.06 bits per heavy atom. The van der Waals surface area contributed by atoms with Gasteiger partial charge in [-0.25, -0.2) is 0 Å². The molecule has 1 fully saturated rings. The van der Waals surface area contributed by atoms with Crippen LogP contribution < -0.4 is 0 Å². The van der Waals surface area contributed by atoms with Gasteiger partial charge in [0.1, 0.15) is 5.78 Å². The van der Waals surface area contributed by atoms with Crippen LogP contribution in [-0.2, 0) is 17.8 Å². The van der Waals surface area contributed by atoms with E-state index in [4.69, 9.17) is 16.6 Å². The molecular weight excluding hydrogens is 432 g/mol. The van der Waals surface area contributed by atoms with Gasteiger partial charge in [0.25, 0.3) is 0 Å². The number of hydrogen-bond acceptors (Lipinski definition) is 3. The molecule has 4 nitrogen and oxygen atoms in total. The summed E-state index contributed by atoms with van der Waals surface area (Å²) in [4.78, 5) is 31.3. The number of Topliss-reactive ketones (excluding diaryl/α,β-unsaturated/α-hetero) is 2. The van der Waals surface area contributed by atoms with E-state index < -0.39 is 5.41 Å². The highest BCUT2D eigenvalue weighted by Gasteiger charge is 2.34. The molecule has 174 valence electrons. The molecule has 0 radical (unpaired) electrons. The number of fused-ring (bicyclic) bond motifs is 1. The highest BCUT2D eigenvalue weighted by molar-refractivity contribution is 6.30. The standard InChI is InChI=1S/C28H33ClN2O2/c1-18-10-15-23-26(30-18)25(27(33)21-8-6-5-7-9-21)24(16-28(3,4)19(2)32)31(23)17-20-11-13-22(29)14-12-20/h10-15,21H,5-9,16-17H2,1-4H3. The molecule has 4 rings (SSSR count). The van der Waals surface area contributed by atoms with Crippen molar-refractivity contribution in [3.05, 3.63) is 63.9 Å². The zero-order valence-electron chi connectivity index (χ0n) is 20.1. The van der Waals surface area contributed by atoms with Crippen molar-refractivity contribution in [2.45, 2.75) is 72.8 Å². The van der Waals surface area contributed by atoms with Crippen LogP contribution in [0.2, 0.25) is 5.02 Å². The quantitative estimate of drug-likeness (QED) is 0.355. The second-order valence-corrected chi connectivity index (χ2v) is 10.6. The van der Waals surface area contributed by atoms with Crippen molar-refractivity contribution >= 4 is 34.2 Å². The SMILES string of the molecule is CC(=O)C(C)(C)Cc1c(C(=O)C2CCCCC2)c2nc(C)ccc2n1Cc1ccc(Cl)cc1. The summed E-state index contributed by atoms with van der Waals surface area (Å²) in [6, 6.07) is 11.9. The first-order valence-electron chi connectivity index (χ1n) is 12.0. The lowest BCUT2D eigenvalue weighted by molar-refractivity contribution is -0.124. The van der Waals surface area contributed by atoms with Gasteiger partial charge in [-0.2, -0.15) is 0 Å². The van der Waals surface area contributed by atoms with Crippen LogP contribution in [0.4, 0.5) is 0 Å². The fourth-order valence-electron chi connectivity index (χ4n) is 4.88. The van der Waals surface area contributed by atoms with E-state index in [9.17, 15) is 9.59 Å². The Kier molecular flexibility index (Phi) is 6.76. The zero-order chi connectivity index (χ0) is 23.8. The molecule has 0 unspecified atom stereocenters. The van der Waals surface area contributed by atoms with Gasteiger partial charge in [0, 0.05) is 40.7 Å². The van der Waals surface area contributed by atoms with Crippen molar-refractivity contribution in [1.29, 1.82) is 0 Å². The van der Waals surface area contributed by atoms with Gasteiger partial charge in [-0.3, -0.25) is 14.6 Å². The number of ketones is 2. The zero-order valence-corrected chi connectivity index (χ0v) is 20.8. The van der Waals surface area contributed by atoms with E-state index in [0.29, 0.717) is 18.0 Å². The van der Waals surface area contributed by atoms with Gasteiger partial charge in [0.15, 0.2) is 5.78 Å². The number of rotatable bonds is 7. The molecule has 3 aromatic rings. The second kappa shape index (κ2) is 9.42. The minimum absolute atomic E-state index is 0.0369. The second-order valence-electron chi connectivity index (χ2n) is 10.2. The molecule has 1 aliphatic carbocycles. The van der Waals surface area contributed by atoms with E-state index >= 15 is 0 Å². The fourth-order valence-corrected chi connectivity index (χ4v) is 5.00. The molecule has 2 aromatic heterocycles. The van der Waals surface area contributed by atoms with Crippen LogP contribution in [0.1, 0.15) is 80.2 Å². The molecule has 1 aliphatic rings. The van der Waals surface area contributed by atoms with E-state index in [1.807, 2.05) is 51.1 Å². The number of pyridine rings is 1. The molecule has 33 heavy (non-hydrogen) atoms. The minimum Gasteiger partial charge on any atom is -0.338 e. The number of hydrogen-bond donors (Lipinski definition) is 0. The van der Waals surface area contributed by atoms with Gasteiger partial charge >= 0.3 is 0 Å². The largest absolute Gasteiger partial charge is 0.338 e. The summed E-state index contributed by atoms with van der Waals surface area (Å²) in [5, 5.41) is 0.694. The van der Waals surface area contributed by atoms with Gasteiger partial charge in [-0.1, -0.05) is 56.8 Å². The number of carbonyl (C=O) groups is 2. The molecule has 0 saturated heterocycles. The van der Waals surface area contributed by atoms with Gasteiger partial charge in [-0.05, 0) is 56.5 Å². The average Bonchev–Trinajstić information content (AvgIpc) is 3.06. The predicted octanol–water partition coefficient (Wildman–Crippen LogP) is 6.97. The molecule has 0 amide bonds. The maximum Gasteiger partial charge on any atom is 0.169 e. The Bertz CT molecular complexity index is 1180. The van der Waals surface area contributed by atoms with Crippen molar-refractivity contribution in [2.75, 3.05) is 0 Å². The number of carbonyl (C=O) groups excluding carboxylic acids is 2. The first-order chi connectivity index (χ1) is 15.7. The van der Waals surface area contributed by atoms with E-state index in [0.717, 1.165) is 59.2 Å². The maximum absolute atomic E-state index is 14.0. The molecule has 5 heteroatoms. The molecule has 2 heterocycles. The monoisotopic (exact) mass is 464 g/mol. The van der Waals surface area contributed by atoms with Gasteiger partial charge in [0.2, 0.25) is 0 Å². The lowest BCUT2D eigenvalue weighted by Crippen LogP contribution is -2.28. The van der Waals surface area contributed by atoms with Crippen molar-refractivity contribution in [3.8, 4) is 0 Å². The Morgan fingerprint density at radius 3 is 2.36 bits per heavy atom. The molecule has 1 saturated carbocycles. The molecule has 1 aromatic carbocycles. The maximum atomic E-state index is 14.0. The van der Waals surface area contributed by atoms with Gasteiger partial charge in [-0.15, -0.1) is 0 Å². The molecular formula is C28H33ClN2O2. The summed E-state index contributed by atoms with van der Waals surface area (Å²) in [7, 11) is 0. The van der Waals surface area contributed by atoms with Crippen LogP contribution >= 0.6 is 11.6 Å². The molecule has 0 aliphatic heterocycles. The smallest absolute Gasteiger partial charge is 0.169 e. The van der Waals surface area contributed by atoms with Crippen molar-refractivity contribution < 1.29 is 9.59 Å². The third kappa shape index (κ3) is 4.91. The number of nitrogens with zero attached hydrogens (tertiary/aromatic N) is 2. The molecule has 0 atom stereocenters. The number of halogens is 1. The summed E-state index contributed by atoms with van der Waals surface area (Å²) >= 11 is 6.11. The molecule has 0 N–H and O–H groups in total. The third-order valence-electron chi connectivity index (χ3n) is 7.19. The summed E-state index contributed by atoms with van der Waals surface area (Å²) in [6.45, 7) is 8.13. The number of benzene rings is 1. The molecule has 0 bridgehead atoms. The van der Waals surface area contributed by atoms with E-state index in [1.54, 1.807) is 6.92 Å². The average molecular weight is 465 g/mol. The minimum atomic E-state index is -0.581. The Morgan fingerprint density at radius 2 is 1.73 bits per heavy atom. The number of aryl methyl sites for hydroxylation is 1. The van der Waals surface area contributed by atoms with Crippen LogP contribution in [0, 0.1) is 18.3 Å². The van der Waals surface area contributed by atoms with Crippen LogP contribution in [0.15, 0.2) is 36.4 Å². The van der Waals surface area contributed by atoms with E-state index in [2.05, 4.69) is 10.6 Å². The first kappa shape index (κ1) is 23.7. The summed E-state index contributed by atoms with van der Waals surface area (Å²) in [5.41, 5.74) is 4.77. The van der Waals surface area contributed by atoms with Crippen LogP contribution in [0.5, 0.6) is 0 Å².